The molecule has 2 aliphatic heterocycles. The Hall–Kier alpha value is -1.89. The molecule has 0 aromatic carbocycles. The standard InChI is InChI=1S/C17H26N4O3/c1-2-21-15(3-6-18-21)17(23)20-7-4-14(5-8-20)13-16(22)19-9-11-24-12-10-19/h3,6,14H,2,4-5,7-13H2,1H3. The van der Waals surface area contributed by atoms with Crippen LogP contribution in [-0.4, -0.2) is 70.8 Å². The minimum absolute atomic E-state index is 0.0484. The van der Waals surface area contributed by atoms with Gasteiger partial charge in [-0.3, -0.25) is 14.3 Å². The second kappa shape index (κ2) is 7.79. The van der Waals surface area contributed by atoms with E-state index in [9.17, 15) is 9.59 Å². The van der Waals surface area contributed by atoms with E-state index in [1.165, 1.54) is 0 Å². The van der Waals surface area contributed by atoms with Crippen LogP contribution in [0.3, 0.4) is 0 Å². The molecule has 0 aliphatic carbocycles. The topological polar surface area (TPSA) is 67.7 Å². The second-order valence-corrected chi connectivity index (χ2v) is 6.47. The molecule has 3 rings (SSSR count). The minimum atomic E-state index is 0.0484. The Bertz CT molecular complexity index is 572. The molecule has 0 spiro atoms. The molecular weight excluding hydrogens is 308 g/mol. The molecule has 7 heteroatoms. The van der Waals surface area contributed by atoms with Gasteiger partial charge in [-0.05, 0) is 31.7 Å². The summed E-state index contributed by atoms with van der Waals surface area (Å²) in [5.41, 5.74) is 0.653. The number of carbonyl (C=O) groups excluding carboxylic acids is 2. The fourth-order valence-electron chi connectivity index (χ4n) is 3.46. The number of piperidine rings is 1. The summed E-state index contributed by atoms with van der Waals surface area (Å²) in [6, 6.07) is 1.78. The maximum Gasteiger partial charge on any atom is 0.272 e. The Morgan fingerprint density at radius 1 is 1.17 bits per heavy atom. The number of aromatic nitrogens is 2. The third-order valence-electron chi connectivity index (χ3n) is 4.96. The van der Waals surface area contributed by atoms with Crippen LogP contribution >= 0.6 is 0 Å². The van der Waals surface area contributed by atoms with Gasteiger partial charge in [0.15, 0.2) is 0 Å². The van der Waals surface area contributed by atoms with Gasteiger partial charge in [0.05, 0.1) is 13.2 Å². The molecule has 2 aliphatic rings. The summed E-state index contributed by atoms with van der Waals surface area (Å²) < 4.78 is 7.02. The van der Waals surface area contributed by atoms with Crippen molar-refractivity contribution in [2.75, 3.05) is 39.4 Å². The number of ether oxygens (including phenoxy) is 1. The van der Waals surface area contributed by atoms with Gasteiger partial charge < -0.3 is 14.5 Å². The zero-order chi connectivity index (χ0) is 16.9. The maximum atomic E-state index is 12.6. The molecule has 0 N–H and O–H groups in total. The Morgan fingerprint density at radius 2 is 1.88 bits per heavy atom. The number of carbonyl (C=O) groups is 2. The molecular formula is C17H26N4O3. The van der Waals surface area contributed by atoms with Crippen LogP contribution in [0.15, 0.2) is 12.3 Å². The van der Waals surface area contributed by atoms with E-state index in [4.69, 9.17) is 4.74 Å². The molecule has 7 nitrogen and oxygen atoms in total. The average molecular weight is 334 g/mol. The van der Waals surface area contributed by atoms with Gasteiger partial charge in [-0.2, -0.15) is 5.10 Å². The summed E-state index contributed by atoms with van der Waals surface area (Å²) in [6.45, 7) is 6.80. The van der Waals surface area contributed by atoms with E-state index in [0.717, 1.165) is 25.9 Å². The van der Waals surface area contributed by atoms with E-state index in [1.807, 2.05) is 16.7 Å². The van der Waals surface area contributed by atoms with Gasteiger partial charge in [0.1, 0.15) is 5.69 Å². The van der Waals surface area contributed by atoms with Crippen molar-refractivity contribution < 1.29 is 14.3 Å². The Morgan fingerprint density at radius 3 is 2.54 bits per heavy atom. The SMILES string of the molecule is CCn1nccc1C(=O)N1CCC(CC(=O)N2CCOCC2)CC1. The van der Waals surface area contributed by atoms with E-state index in [2.05, 4.69) is 5.10 Å². The van der Waals surface area contributed by atoms with Crippen LogP contribution in [0.1, 0.15) is 36.7 Å². The highest BCUT2D eigenvalue weighted by atomic mass is 16.5. The van der Waals surface area contributed by atoms with Crippen LogP contribution in [-0.2, 0) is 16.1 Å². The van der Waals surface area contributed by atoms with Crippen molar-refractivity contribution in [1.82, 2.24) is 19.6 Å². The summed E-state index contributed by atoms with van der Waals surface area (Å²) in [7, 11) is 0. The van der Waals surface area contributed by atoms with Crippen molar-refractivity contribution >= 4 is 11.8 Å². The van der Waals surface area contributed by atoms with Crippen molar-refractivity contribution in [2.45, 2.75) is 32.7 Å². The first-order valence-electron chi connectivity index (χ1n) is 8.85. The normalized spacial score (nSPS) is 19.5. The monoisotopic (exact) mass is 334 g/mol. The van der Waals surface area contributed by atoms with Gasteiger partial charge >= 0.3 is 0 Å². The van der Waals surface area contributed by atoms with E-state index in [1.54, 1.807) is 16.9 Å². The van der Waals surface area contributed by atoms with Gasteiger partial charge in [0, 0.05) is 45.3 Å². The average Bonchev–Trinajstić information content (AvgIpc) is 3.11. The Labute approximate surface area is 142 Å². The van der Waals surface area contributed by atoms with E-state index in [-0.39, 0.29) is 11.8 Å². The third kappa shape index (κ3) is 3.77. The lowest BCUT2D eigenvalue weighted by Crippen LogP contribution is -2.43. The molecule has 132 valence electrons. The molecule has 0 radical (unpaired) electrons. The lowest BCUT2D eigenvalue weighted by molar-refractivity contribution is -0.136. The van der Waals surface area contributed by atoms with E-state index < -0.39 is 0 Å². The molecule has 24 heavy (non-hydrogen) atoms. The third-order valence-corrected chi connectivity index (χ3v) is 4.96. The fourth-order valence-corrected chi connectivity index (χ4v) is 3.46. The quantitative estimate of drug-likeness (QED) is 0.824. The molecule has 1 aromatic rings. The maximum absolute atomic E-state index is 12.6. The number of hydrogen-bond donors (Lipinski definition) is 0. The zero-order valence-corrected chi connectivity index (χ0v) is 14.3. The number of amides is 2. The predicted octanol–water partition coefficient (Wildman–Crippen LogP) is 1.00. The van der Waals surface area contributed by atoms with E-state index in [0.29, 0.717) is 50.9 Å². The van der Waals surface area contributed by atoms with Crippen molar-refractivity contribution in [3.05, 3.63) is 18.0 Å². The highest BCUT2D eigenvalue weighted by Crippen LogP contribution is 2.23. The number of rotatable bonds is 4. The first kappa shape index (κ1) is 17.0. The van der Waals surface area contributed by atoms with Gasteiger partial charge in [0.25, 0.3) is 5.91 Å². The van der Waals surface area contributed by atoms with Gasteiger partial charge in [-0.15, -0.1) is 0 Å². The highest BCUT2D eigenvalue weighted by molar-refractivity contribution is 5.92. The van der Waals surface area contributed by atoms with Crippen LogP contribution in [0.25, 0.3) is 0 Å². The van der Waals surface area contributed by atoms with Crippen LogP contribution < -0.4 is 0 Å². The lowest BCUT2D eigenvalue weighted by Gasteiger charge is -2.33. The summed E-state index contributed by atoms with van der Waals surface area (Å²) in [6.07, 6.45) is 4.05. The smallest absolute Gasteiger partial charge is 0.272 e. The number of nitrogens with zero attached hydrogens (tertiary/aromatic N) is 4. The first-order valence-corrected chi connectivity index (χ1v) is 8.85. The van der Waals surface area contributed by atoms with Crippen LogP contribution in [0, 0.1) is 5.92 Å². The number of likely N-dealkylation sites (tertiary alicyclic amines) is 1. The van der Waals surface area contributed by atoms with Gasteiger partial charge in [0.2, 0.25) is 5.91 Å². The molecule has 0 unspecified atom stereocenters. The van der Waals surface area contributed by atoms with Crippen molar-refractivity contribution in [1.29, 1.82) is 0 Å². The molecule has 1 aromatic heterocycles. The summed E-state index contributed by atoms with van der Waals surface area (Å²) >= 11 is 0. The van der Waals surface area contributed by atoms with Crippen molar-refractivity contribution in [2.24, 2.45) is 5.92 Å². The van der Waals surface area contributed by atoms with E-state index >= 15 is 0 Å². The molecule has 2 saturated heterocycles. The fraction of sp³-hybridized carbons (Fsp3) is 0.706. The highest BCUT2D eigenvalue weighted by Gasteiger charge is 2.28. The number of morpholine rings is 1. The second-order valence-electron chi connectivity index (χ2n) is 6.47. The summed E-state index contributed by atoms with van der Waals surface area (Å²) in [4.78, 5) is 28.7. The predicted molar refractivity (Wildman–Crippen MR) is 88.5 cm³/mol. The van der Waals surface area contributed by atoms with Gasteiger partial charge in [-0.25, -0.2) is 0 Å². The van der Waals surface area contributed by atoms with Gasteiger partial charge in [-0.1, -0.05) is 0 Å². The van der Waals surface area contributed by atoms with Crippen LogP contribution in [0.5, 0.6) is 0 Å². The lowest BCUT2D eigenvalue weighted by atomic mass is 9.92. The molecule has 2 fully saturated rings. The van der Waals surface area contributed by atoms with Crippen LogP contribution in [0.2, 0.25) is 0 Å². The molecule has 3 heterocycles. The summed E-state index contributed by atoms with van der Waals surface area (Å²) in [5.74, 6) is 0.653. The molecule has 0 saturated carbocycles. The summed E-state index contributed by atoms with van der Waals surface area (Å²) in [5, 5.41) is 4.17. The molecule has 0 atom stereocenters. The Kier molecular flexibility index (Phi) is 5.50. The molecule has 2 amide bonds. The minimum Gasteiger partial charge on any atom is -0.378 e. The van der Waals surface area contributed by atoms with Crippen molar-refractivity contribution in [3.8, 4) is 0 Å². The number of hydrogen-bond acceptors (Lipinski definition) is 4. The zero-order valence-electron chi connectivity index (χ0n) is 14.3. The van der Waals surface area contributed by atoms with Crippen molar-refractivity contribution in [3.63, 3.8) is 0 Å². The first-order chi connectivity index (χ1) is 11.7. The largest absolute Gasteiger partial charge is 0.378 e. The van der Waals surface area contributed by atoms with Crippen LogP contribution in [0.4, 0.5) is 0 Å². The number of aryl methyl sites for hydroxylation is 1. The Balaban J connectivity index is 1.48. The molecule has 0 bridgehead atoms.